The molecule has 0 N–H and O–H groups in total. The number of halogens is 3. The first-order valence-electron chi connectivity index (χ1n) is 7.95. The fourth-order valence-electron chi connectivity index (χ4n) is 1.87. The van der Waals surface area contributed by atoms with E-state index in [9.17, 15) is 27.6 Å². The zero-order chi connectivity index (χ0) is 19.9. The van der Waals surface area contributed by atoms with Gasteiger partial charge < -0.3 is 13.3 Å². The number of benzene rings is 1. The second-order valence-corrected chi connectivity index (χ2v) is 7.52. The number of hydrogen-bond donors (Lipinski definition) is 0. The normalized spacial score (nSPS) is 11.0. The fourth-order valence-corrected chi connectivity index (χ4v) is 4.45. The van der Waals surface area contributed by atoms with E-state index in [4.69, 9.17) is 13.3 Å². The highest BCUT2D eigenvalue weighted by atomic mass is 28.4. The molecular weight excluding hydrogens is 373 g/mol. The first-order valence-corrected chi connectivity index (χ1v) is 9.88. The molecule has 0 saturated carbocycles. The Kier molecular flexibility index (Phi) is 7.81. The van der Waals surface area contributed by atoms with Gasteiger partial charge in [0.05, 0.1) is 6.04 Å². The van der Waals surface area contributed by atoms with Crippen molar-refractivity contribution < 1.29 is 40.8 Å². The average molecular weight is 392 g/mol. The highest BCUT2D eigenvalue weighted by molar-refractivity contribution is 6.65. The minimum atomic E-state index is -4.52. The summed E-state index contributed by atoms with van der Waals surface area (Å²) < 4.78 is 56.3. The Labute approximate surface area is 149 Å². The van der Waals surface area contributed by atoms with Crippen molar-refractivity contribution in [3.05, 3.63) is 35.1 Å². The molecule has 0 amide bonds. The van der Waals surface area contributed by atoms with Gasteiger partial charge in [-0.1, -0.05) is 20.8 Å². The van der Waals surface area contributed by atoms with Crippen LogP contribution in [0.1, 0.15) is 45.6 Å². The molecule has 0 fully saturated rings. The second-order valence-electron chi connectivity index (χ2n) is 5.19. The lowest BCUT2D eigenvalue weighted by atomic mass is 10.2. The largest absolute Gasteiger partial charge is 0.710 e. The molecule has 0 aliphatic rings. The molecule has 6 nitrogen and oxygen atoms in total. The van der Waals surface area contributed by atoms with Crippen LogP contribution in [-0.4, -0.2) is 26.7 Å². The van der Waals surface area contributed by atoms with Gasteiger partial charge in [-0.05, 0) is 0 Å². The van der Waals surface area contributed by atoms with Crippen LogP contribution in [0.15, 0.2) is 12.1 Å². The summed E-state index contributed by atoms with van der Waals surface area (Å²) in [6.07, 6.45) is -0.469. The van der Waals surface area contributed by atoms with Crippen LogP contribution in [0.4, 0.5) is 13.2 Å². The summed E-state index contributed by atoms with van der Waals surface area (Å²) in [4.78, 5) is 35.3. The Morgan fingerprint density at radius 2 is 1.15 bits per heavy atom. The van der Waals surface area contributed by atoms with Crippen LogP contribution >= 0.6 is 0 Å². The second kappa shape index (κ2) is 9.37. The van der Waals surface area contributed by atoms with Crippen molar-refractivity contribution in [2.75, 3.05) is 0 Å². The van der Waals surface area contributed by atoms with Crippen LogP contribution in [0.5, 0.6) is 0 Å². The minimum absolute atomic E-state index is 0.156. The quantitative estimate of drug-likeness (QED) is 0.633. The van der Waals surface area contributed by atoms with Crippen LogP contribution < -0.4 is 0 Å². The van der Waals surface area contributed by atoms with E-state index in [0.717, 1.165) is 0 Å². The van der Waals surface area contributed by atoms with E-state index in [0.29, 0.717) is 12.1 Å². The zero-order valence-corrected chi connectivity index (χ0v) is 15.6. The van der Waals surface area contributed by atoms with Gasteiger partial charge in [0.1, 0.15) is 17.5 Å². The molecule has 0 aliphatic carbocycles. The maximum atomic E-state index is 14.0. The molecule has 0 atom stereocenters. The third-order valence-corrected chi connectivity index (χ3v) is 5.58. The van der Waals surface area contributed by atoms with E-state index < -0.39 is 55.8 Å². The topological polar surface area (TPSA) is 78.9 Å². The number of rotatable bonds is 8. The molecule has 0 spiro atoms. The summed E-state index contributed by atoms with van der Waals surface area (Å²) in [5.74, 6) is -6.37. The Bertz CT molecular complexity index is 626. The molecule has 0 unspecified atom stereocenters. The van der Waals surface area contributed by atoms with Crippen LogP contribution in [0, 0.1) is 17.5 Å². The number of carbonyl (C=O) groups excluding carboxylic acids is 3. The van der Waals surface area contributed by atoms with Crippen molar-refractivity contribution in [3.63, 3.8) is 0 Å². The van der Waals surface area contributed by atoms with Crippen molar-refractivity contribution in [1.82, 2.24) is 0 Å². The third-order valence-electron chi connectivity index (χ3n) is 3.17. The summed E-state index contributed by atoms with van der Waals surface area (Å²) in [7, 11) is -4.52. The maximum Gasteiger partial charge on any atom is 0.710 e. The summed E-state index contributed by atoms with van der Waals surface area (Å²) in [6.45, 7) is 4.30. The summed E-state index contributed by atoms with van der Waals surface area (Å²) in [6, 6.07) is -0.000827. The lowest BCUT2D eigenvalue weighted by Crippen LogP contribution is -2.53. The van der Waals surface area contributed by atoms with Crippen LogP contribution in [0.25, 0.3) is 0 Å². The molecule has 0 aliphatic heterocycles. The van der Waals surface area contributed by atoms with Gasteiger partial charge >= 0.3 is 8.80 Å². The highest BCUT2D eigenvalue weighted by Gasteiger charge is 2.54. The monoisotopic (exact) mass is 392 g/mol. The summed E-state index contributed by atoms with van der Waals surface area (Å²) in [5.41, 5.74) is -0.713. The molecule has 0 aromatic heterocycles. The van der Waals surface area contributed by atoms with Crippen molar-refractivity contribution in [3.8, 4) is 0 Å². The van der Waals surface area contributed by atoms with Gasteiger partial charge in [0.25, 0.3) is 17.9 Å². The van der Waals surface area contributed by atoms with Gasteiger partial charge in [0.15, 0.2) is 0 Å². The fraction of sp³-hybridized carbons (Fsp3) is 0.438. The van der Waals surface area contributed by atoms with Crippen molar-refractivity contribution in [2.24, 2.45) is 0 Å². The Morgan fingerprint density at radius 3 is 1.46 bits per heavy atom. The first kappa shape index (κ1) is 21.7. The molecule has 0 bridgehead atoms. The predicted octanol–water partition coefficient (Wildman–Crippen LogP) is 2.98. The van der Waals surface area contributed by atoms with Crippen molar-refractivity contribution in [2.45, 2.75) is 46.1 Å². The zero-order valence-electron chi connectivity index (χ0n) is 14.6. The lowest BCUT2D eigenvalue weighted by Gasteiger charge is -2.27. The van der Waals surface area contributed by atoms with Crippen molar-refractivity contribution in [1.29, 1.82) is 0 Å². The SMILES string of the molecule is CCC(=O)O[Si](Cc1c(F)cc(F)cc1F)(OC(=O)CC)OC(=O)CC. The Morgan fingerprint density at radius 1 is 0.808 bits per heavy atom. The molecular formula is C16H19F3O6Si. The molecule has 1 aromatic carbocycles. The van der Waals surface area contributed by atoms with Gasteiger partial charge in [-0.25, -0.2) is 13.2 Å². The molecule has 144 valence electrons. The molecule has 0 saturated heterocycles. The van der Waals surface area contributed by atoms with E-state index in [1.165, 1.54) is 20.8 Å². The van der Waals surface area contributed by atoms with Gasteiger partial charge in [-0.3, -0.25) is 14.4 Å². The van der Waals surface area contributed by atoms with E-state index in [-0.39, 0.29) is 19.3 Å². The van der Waals surface area contributed by atoms with Gasteiger partial charge in [-0.2, -0.15) is 0 Å². The molecule has 0 heterocycles. The van der Waals surface area contributed by atoms with E-state index in [2.05, 4.69) is 0 Å². The summed E-state index contributed by atoms with van der Waals surface area (Å²) in [5, 5.41) is 0. The smallest absolute Gasteiger partial charge is 0.455 e. The van der Waals surface area contributed by atoms with Crippen LogP contribution in [0.2, 0.25) is 0 Å². The van der Waals surface area contributed by atoms with E-state index >= 15 is 0 Å². The van der Waals surface area contributed by atoms with E-state index in [1.54, 1.807) is 0 Å². The van der Waals surface area contributed by atoms with Gasteiger partial charge in [0.2, 0.25) is 0 Å². The third kappa shape index (κ3) is 5.87. The lowest BCUT2D eigenvalue weighted by molar-refractivity contribution is -0.150. The van der Waals surface area contributed by atoms with Crippen LogP contribution in [0.3, 0.4) is 0 Å². The Balaban J connectivity index is 3.41. The molecule has 26 heavy (non-hydrogen) atoms. The maximum absolute atomic E-state index is 14.0. The van der Waals surface area contributed by atoms with E-state index in [1.807, 2.05) is 0 Å². The highest BCUT2D eigenvalue weighted by Crippen LogP contribution is 2.24. The molecule has 1 aromatic rings. The van der Waals surface area contributed by atoms with Gasteiger partial charge in [-0.15, -0.1) is 0 Å². The summed E-state index contributed by atoms with van der Waals surface area (Å²) >= 11 is 0. The predicted molar refractivity (Wildman–Crippen MR) is 84.9 cm³/mol. The molecule has 10 heteroatoms. The van der Waals surface area contributed by atoms with Gasteiger partial charge in [0, 0.05) is 37.0 Å². The van der Waals surface area contributed by atoms with Crippen LogP contribution in [-0.2, 0) is 33.7 Å². The first-order chi connectivity index (χ1) is 12.2. The average Bonchev–Trinajstić information content (AvgIpc) is 2.57. The number of carbonyl (C=O) groups is 3. The number of hydrogen-bond acceptors (Lipinski definition) is 6. The molecule has 0 radical (unpaired) electrons. The minimum Gasteiger partial charge on any atom is -0.455 e. The standard InChI is InChI=1S/C16H19F3O6Si/c1-4-14(20)23-26(24-15(21)5-2,25-16(22)6-3)9-11-12(18)7-10(17)8-13(11)19/h7-8H,4-6,9H2,1-3H3. The van der Waals surface area contributed by atoms with Crippen molar-refractivity contribution >= 4 is 26.7 Å². The Hall–Kier alpha value is -2.36. The molecule has 1 rings (SSSR count).